The minimum atomic E-state index is -0.245. The molecule has 0 amide bonds. The summed E-state index contributed by atoms with van der Waals surface area (Å²) in [5, 5.41) is 8.53. The van der Waals surface area contributed by atoms with Crippen molar-refractivity contribution in [1.29, 1.82) is 0 Å². The molecule has 0 heterocycles. The van der Waals surface area contributed by atoms with Crippen LogP contribution in [0.2, 0.25) is 0 Å². The zero-order chi connectivity index (χ0) is 14.9. The Morgan fingerprint density at radius 3 is 1.60 bits per heavy atom. The Morgan fingerprint density at radius 1 is 0.760 bits per heavy atom. The Kier molecular flexibility index (Phi) is 9.05. The van der Waals surface area contributed by atoms with Gasteiger partial charge in [0.25, 0.3) is 0 Å². The molecule has 0 bridgehead atoms. The normalized spacial score (nSPS) is 10.3. The number of rotatable bonds is 4. The molecule has 4 rings (SSSR count). The van der Waals surface area contributed by atoms with Crippen LogP contribution in [0.3, 0.4) is 0 Å². The fourth-order valence-electron chi connectivity index (χ4n) is 3.21. The molecule has 4 aromatic carbocycles. The van der Waals surface area contributed by atoms with Crippen LogP contribution >= 0.6 is 7.92 Å². The van der Waals surface area contributed by atoms with E-state index in [0.29, 0.717) is 0 Å². The van der Waals surface area contributed by atoms with Crippen LogP contribution in [0.4, 0.5) is 0 Å². The molecule has 0 atom stereocenters. The SMILES string of the molecule is CCCP(c1cc2ccccc2[cH-]1)c1cc2ccccc2[cH-]1.[Cl-].[Cl-].[Hf+4]. The van der Waals surface area contributed by atoms with Gasteiger partial charge in [-0.15, -0.1) is 80.7 Å². The van der Waals surface area contributed by atoms with Crippen molar-refractivity contribution in [1.82, 2.24) is 0 Å². The first-order valence-corrected chi connectivity index (χ1v) is 9.46. The molecule has 25 heavy (non-hydrogen) atoms. The predicted molar refractivity (Wildman–Crippen MR) is 100 cm³/mol. The van der Waals surface area contributed by atoms with Gasteiger partial charge in [0.2, 0.25) is 0 Å². The van der Waals surface area contributed by atoms with Gasteiger partial charge in [-0.05, 0) is 6.16 Å². The van der Waals surface area contributed by atoms with Crippen molar-refractivity contribution in [2.24, 2.45) is 0 Å². The van der Waals surface area contributed by atoms with Crippen LogP contribution in [0.5, 0.6) is 0 Å². The summed E-state index contributed by atoms with van der Waals surface area (Å²) in [7, 11) is -0.245. The maximum absolute atomic E-state index is 2.40. The average molecular weight is 552 g/mol. The monoisotopic (exact) mass is 552 g/mol. The van der Waals surface area contributed by atoms with Gasteiger partial charge in [-0.1, -0.05) is 33.4 Å². The summed E-state index contributed by atoms with van der Waals surface area (Å²) in [5.41, 5.74) is 0. The smallest absolute Gasteiger partial charge is 1.00 e. The minimum Gasteiger partial charge on any atom is -1.00 e. The number of benzene rings is 2. The van der Waals surface area contributed by atoms with E-state index in [0.717, 1.165) is 0 Å². The van der Waals surface area contributed by atoms with Gasteiger partial charge >= 0.3 is 25.8 Å². The average Bonchev–Trinajstić information content (AvgIpc) is 3.15. The van der Waals surface area contributed by atoms with Gasteiger partial charge in [-0.25, -0.2) is 0 Å². The summed E-state index contributed by atoms with van der Waals surface area (Å²) >= 11 is 0. The van der Waals surface area contributed by atoms with E-state index in [4.69, 9.17) is 0 Å². The fourth-order valence-corrected chi connectivity index (χ4v) is 5.65. The van der Waals surface area contributed by atoms with Crippen molar-refractivity contribution >= 4 is 40.1 Å². The standard InChI is InChI=1S/C21H19P.2ClH.Hf/c1-2-11-22(20-12-16-7-3-4-8-17(16)13-20)21-14-18-9-5-6-10-19(18)15-21;;;/h3-10,12-15H,2,11H2,1H3;2*1H;/q-2;;;+4/p-2. The van der Waals surface area contributed by atoms with E-state index in [1.165, 1.54) is 44.7 Å². The summed E-state index contributed by atoms with van der Waals surface area (Å²) in [6.45, 7) is 2.29. The van der Waals surface area contributed by atoms with Gasteiger partial charge < -0.3 is 24.8 Å². The van der Waals surface area contributed by atoms with Gasteiger partial charge in [-0.2, -0.15) is 12.1 Å². The molecule has 0 fully saturated rings. The second-order valence-corrected chi connectivity index (χ2v) is 8.17. The van der Waals surface area contributed by atoms with Crippen molar-refractivity contribution in [3.63, 3.8) is 0 Å². The molecule has 0 unspecified atom stereocenters. The first kappa shape index (κ1) is 22.6. The molecule has 0 radical (unpaired) electrons. The molecule has 0 spiro atoms. The predicted octanol–water partition coefficient (Wildman–Crippen LogP) is -0.721. The fraction of sp³-hybridized carbons (Fsp3) is 0.143. The van der Waals surface area contributed by atoms with Crippen molar-refractivity contribution in [2.75, 3.05) is 6.16 Å². The molecule has 0 aliphatic carbocycles. The molecule has 0 nitrogen and oxygen atoms in total. The van der Waals surface area contributed by atoms with Gasteiger partial charge in [0.15, 0.2) is 0 Å². The zero-order valence-electron chi connectivity index (χ0n) is 14.0. The van der Waals surface area contributed by atoms with E-state index in [1.54, 1.807) is 0 Å². The largest absolute Gasteiger partial charge is 4.00 e. The summed E-state index contributed by atoms with van der Waals surface area (Å²) < 4.78 is 0. The van der Waals surface area contributed by atoms with Gasteiger partial charge in [0.1, 0.15) is 0 Å². The number of halogens is 2. The summed E-state index contributed by atoms with van der Waals surface area (Å²) in [4.78, 5) is 0. The number of fused-ring (bicyclic) bond motifs is 2. The Labute approximate surface area is 182 Å². The van der Waals surface area contributed by atoms with Crippen molar-refractivity contribution in [2.45, 2.75) is 13.3 Å². The summed E-state index contributed by atoms with van der Waals surface area (Å²) in [5.74, 6) is 0. The minimum absolute atomic E-state index is 0. The Hall–Kier alpha value is -0.460. The molecule has 0 saturated carbocycles. The van der Waals surface area contributed by atoms with E-state index in [9.17, 15) is 0 Å². The van der Waals surface area contributed by atoms with E-state index >= 15 is 0 Å². The number of hydrogen-bond donors (Lipinski definition) is 0. The molecule has 4 heteroatoms. The van der Waals surface area contributed by atoms with Gasteiger partial charge in [0.05, 0.1) is 0 Å². The van der Waals surface area contributed by atoms with Crippen molar-refractivity contribution < 1.29 is 50.7 Å². The van der Waals surface area contributed by atoms with Crippen LogP contribution in [0.25, 0.3) is 21.5 Å². The van der Waals surface area contributed by atoms with Crippen molar-refractivity contribution in [3.8, 4) is 0 Å². The molecule has 0 aromatic heterocycles. The molecular weight excluding hydrogens is 533 g/mol. The third kappa shape index (κ3) is 4.64. The first-order valence-electron chi connectivity index (χ1n) is 7.93. The van der Waals surface area contributed by atoms with Gasteiger partial charge in [-0.3, -0.25) is 0 Å². The summed E-state index contributed by atoms with van der Waals surface area (Å²) in [6.07, 6.45) is 2.50. The van der Waals surface area contributed by atoms with Crippen LogP contribution in [-0.4, -0.2) is 6.16 Å². The second-order valence-electron chi connectivity index (χ2n) is 5.84. The molecule has 126 valence electrons. The van der Waals surface area contributed by atoms with Crippen LogP contribution in [0.15, 0.2) is 72.8 Å². The topological polar surface area (TPSA) is 0 Å². The van der Waals surface area contributed by atoms with E-state index in [2.05, 4.69) is 79.7 Å². The van der Waals surface area contributed by atoms with Crippen molar-refractivity contribution in [3.05, 3.63) is 72.8 Å². The second kappa shape index (κ2) is 10.0. The Balaban J connectivity index is 0.00000104. The maximum Gasteiger partial charge on any atom is 4.00 e. The molecule has 0 aliphatic rings. The third-order valence-electron chi connectivity index (χ3n) is 4.28. The molecule has 4 aromatic rings. The first-order chi connectivity index (χ1) is 10.8. The zero-order valence-corrected chi connectivity index (χ0v) is 20.0. The Bertz CT molecular complexity index is 786. The van der Waals surface area contributed by atoms with E-state index < -0.39 is 0 Å². The van der Waals surface area contributed by atoms with Crippen LogP contribution in [0.1, 0.15) is 13.3 Å². The number of hydrogen-bond acceptors (Lipinski definition) is 0. The summed E-state index contributed by atoms with van der Waals surface area (Å²) in [6, 6.07) is 27.0. The molecule has 0 aliphatic heterocycles. The molecule has 0 N–H and O–H groups in total. The molecule has 0 saturated heterocycles. The Morgan fingerprint density at radius 2 is 1.20 bits per heavy atom. The van der Waals surface area contributed by atoms with Crippen LogP contribution < -0.4 is 35.4 Å². The molecular formula is C21H19Cl2HfP. The van der Waals surface area contributed by atoms with E-state index in [1.807, 2.05) is 0 Å². The maximum atomic E-state index is 2.40. The van der Waals surface area contributed by atoms with Crippen LogP contribution in [0, 0.1) is 0 Å². The quantitative estimate of drug-likeness (QED) is 0.179. The van der Waals surface area contributed by atoms with Gasteiger partial charge in [0, 0.05) is 0 Å². The van der Waals surface area contributed by atoms with Crippen LogP contribution in [-0.2, 0) is 25.8 Å². The third-order valence-corrected chi connectivity index (χ3v) is 6.93. The van der Waals surface area contributed by atoms with E-state index in [-0.39, 0.29) is 58.6 Å².